The summed E-state index contributed by atoms with van der Waals surface area (Å²) in [5, 5.41) is 9.70. The minimum atomic E-state index is -0.280. The van der Waals surface area contributed by atoms with E-state index in [0.717, 1.165) is 95.1 Å². The number of hydrogen-bond donors (Lipinski definition) is 2. The fourth-order valence-corrected chi connectivity index (χ4v) is 9.16. The normalized spacial score (nSPS) is 12.5. The molecule has 0 radical (unpaired) electrons. The lowest BCUT2D eigenvalue weighted by molar-refractivity contribution is 0.0646. The molecule has 330 valence electrons. The highest BCUT2D eigenvalue weighted by Crippen LogP contribution is 2.39. The van der Waals surface area contributed by atoms with Crippen molar-refractivity contribution in [3.05, 3.63) is 196 Å². The Labute approximate surface area is 396 Å². The van der Waals surface area contributed by atoms with Crippen molar-refractivity contribution in [1.29, 1.82) is 5.26 Å². The topological polar surface area (TPSA) is 141 Å². The van der Waals surface area contributed by atoms with Gasteiger partial charge in [-0.2, -0.15) is 5.26 Å². The minimum absolute atomic E-state index is 0.250. The van der Waals surface area contributed by atoms with Crippen LogP contribution in [0.3, 0.4) is 0 Å². The first kappa shape index (κ1) is 42.1. The molecule has 3 aliphatic rings. The van der Waals surface area contributed by atoms with E-state index < -0.39 is 0 Å². The van der Waals surface area contributed by atoms with Gasteiger partial charge in [-0.25, -0.2) is 14.8 Å². The molecule has 0 saturated heterocycles. The largest absolute Gasteiger partial charge is 0.497 e. The SMILES string of the molecule is [C-]#[N+]c1ccc(-c2c3nc(c(-c4ccc(OC)cc4)c4ccc([nH]4)c(-c4ccc(C#N)cc4)c4nc(c(-c5ccc(OCCCN6C(=O)c7ccccc7C6=O)cc5)c5ccc2[nH]5)C=C4)C=C3)cc1. The number of hydrogen-bond acceptors (Lipinski definition) is 7. The Balaban J connectivity index is 1.08. The fourth-order valence-electron chi connectivity index (χ4n) is 9.16. The van der Waals surface area contributed by atoms with E-state index in [-0.39, 0.29) is 18.4 Å². The van der Waals surface area contributed by atoms with Gasteiger partial charge in [-0.1, -0.05) is 72.8 Å². The van der Waals surface area contributed by atoms with E-state index in [1.165, 1.54) is 4.90 Å². The molecule has 0 aliphatic carbocycles. The highest BCUT2D eigenvalue weighted by Gasteiger charge is 2.34. The maximum absolute atomic E-state index is 12.9. The number of carbonyl (C=O) groups is 2. The summed E-state index contributed by atoms with van der Waals surface area (Å²) < 4.78 is 11.7. The zero-order chi connectivity index (χ0) is 47.0. The molecule has 6 heterocycles. The van der Waals surface area contributed by atoms with Crippen molar-refractivity contribution in [3.63, 3.8) is 0 Å². The number of H-pyrrole nitrogens is 2. The number of amides is 2. The third-order valence-corrected chi connectivity index (χ3v) is 12.5. The van der Waals surface area contributed by atoms with E-state index >= 15 is 0 Å². The highest BCUT2D eigenvalue weighted by atomic mass is 16.5. The van der Waals surface area contributed by atoms with Crippen LogP contribution in [0, 0.1) is 17.9 Å². The van der Waals surface area contributed by atoms with Gasteiger partial charge >= 0.3 is 0 Å². The van der Waals surface area contributed by atoms with Gasteiger partial charge in [0.05, 0.1) is 65.8 Å². The standard InChI is InChI=1S/C58H39N7O4/c1-60-40-18-12-37(13-19-40)54-47-26-30-50(63-47)55(38-14-20-41(68-2)21-15-38)49-28-24-45(61-49)53(36-10-8-35(34-59)9-11-36)46-25-29-51(62-46)56(52-31-27-48(54)64-52)39-16-22-42(23-17-39)69-33-5-32-65-57(66)43-6-3-4-7-44(43)58(65)67/h3-4,6-31,61,64H,5,32-33H2,2H3. The third kappa shape index (κ3) is 7.80. The van der Waals surface area contributed by atoms with Gasteiger partial charge in [0.15, 0.2) is 5.69 Å². The summed E-state index contributed by atoms with van der Waals surface area (Å²) in [6, 6.07) is 48.2. The molecule has 2 N–H and O–H groups in total. The molecule has 2 amide bonds. The summed E-state index contributed by atoms with van der Waals surface area (Å²) in [4.78, 5) is 49.0. The number of rotatable bonds is 10. The van der Waals surface area contributed by atoms with Crippen molar-refractivity contribution in [1.82, 2.24) is 24.8 Å². The number of methoxy groups -OCH3 is 1. The number of nitriles is 1. The van der Waals surface area contributed by atoms with E-state index in [1.807, 2.05) is 121 Å². The summed E-state index contributed by atoms with van der Waals surface area (Å²) in [5.41, 5.74) is 15.2. The van der Waals surface area contributed by atoms with E-state index in [9.17, 15) is 14.9 Å². The van der Waals surface area contributed by atoms with E-state index in [4.69, 9.17) is 26.0 Å². The number of imide groups is 1. The number of fused-ring (bicyclic) bond motifs is 9. The Bertz CT molecular complexity index is 3610. The van der Waals surface area contributed by atoms with E-state index in [1.54, 1.807) is 31.4 Å². The van der Waals surface area contributed by atoms with Crippen LogP contribution in [0.4, 0.5) is 5.69 Å². The number of aromatic amines is 2. The quantitative estimate of drug-likeness (QED) is 0.0791. The van der Waals surface area contributed by atoms with Crippen LogP contribution < -0.4 is 9.47 Å². The van der Waals surface area contributed by atoms with Crippen molar-refractivity contribution in [2.24, 2.45) is 0 Å². The summed E-state index contributed by atoms with van der Waals surface area (Å²) in [7, 11) is 1.65. The first-order valence-corrected chi connectivity index (χ1v) is 22.3. The van der Waals surface area contributed by atoms with Gasteiger partial charge in [-0.05, 0) is 126 Å². The van der Waals surface area contributed by atoms with Gasteiger partial charge in [0.2, 0.25) is 0 Å². The molecule has 3 aliphatic heterocycles. The second kappa shape index (κ2) is 17.7. The predicted octanol–water partition coefficient (Wildman–Crippen LogP) is 12.8. The van der Waals surface area contributed by atoms with Crippen LogP contribution in [-0.2, 0) is 0 Å². The van der Waals surface area contributed by atoms with Crippen molar-refractivity contribution < 1.29 is 19.1 Å². The summed E-state index contributed by atoms with van der Waals surface area (Å²) in [6.45, 7) is 8.18. The lowest BCUT2D eigenvalue weighted by Crippen LogP contribution is -2.31. The van der Waals surface area contributed by atoms with Crippen LogP contribution in [0.1, 0.15) is 55.5 Å². The third-order valence-electron chi connectivity index (χ3n) is 12.5. The first-order chi connectivity index (χ1) is 33.9. The molecular weight excluding hydrogens is 859 g/mol. The Morgan fingerprint density at radius 1 is 0.565 bits per heavy atom. The molecule has 0 spiro atoms. The average Bonchev–Trinajstić information content (AvgIpc) is 4.27. The second-order valence-electron chi connectivity index (χ2n) is 16.6. The summed E-state index contributed by atoms with van der Waals surface area (Å²) in [5.74, 6) is 0.817. The first-order valence-electron chi connectivity index (χ1n) is 22.3. The number of carbonyl (C=O) groups excluding carboxylic acids is 2. The molecule has 69 heavy (non-hydrogen) atoms. The molecule has 8 bridgehead atoms. The van der Waals surface area contributed by atoms with Crippen LogP contribution in [0.15, 0.2) is 146 Å². The van der Waals surface area contributed by atoms with E-state index in [0.29, 0.717) is 41.2 Å². The van der Waals surface area contributed by atoms with Crippen LogP contribution in [0.25, 0.3) is 95.7 Å². The highest BCUT2D eigenvalue weighted by molar-refractivity contribution is 6.21. The molecule has 11 nitrogen and oxygen atoms in total. The predicted molar refractivity (Wildman–Crippen MR) is 270 cm³/mol. The van der Waals surface area contributed by atoms with Crippen molar-refractivity contribution in [3.8, 4) is 62.1 Å². The van der Waals surface area contributed by atoms with Crippen molar-refractivity contribution in [2.45, 2.75) is 6.42 Å². The van der Waals surface area contributed by atoms with E-state index in [2.05, 4.69) is 45.1 Å². The Kier molecular flexibility index (Phi) is 10.8. The molecule has 0 fully saturated rings. The number of nitrogens with one attached hydrogen (secondary N) is 2. The number of ether oxygens (including phenoxy) is 2. The molecule has 0 unspecified atom stereocenters. The Morgan fingerprint density at radius 3 is 1.38 bits per heavy atom. The van der Waals surface area contributed by atoms with Crippen molar-refractivity contribution in [2.75, 3.05) is 20.3 Å². The zero-order valence-corrected chi connectivity index (χ0v) is 37.2. The lowest BCUT2D eigenvalue weighted by Gasteiger charge is -2.14. The van der Waals surface area contributed by atoms with Crippen LogP contribution >= 0.6 is 0 Å². The van der Waals surface area contributed by atoms with Gasteiger partial charge in [0.1, 0.15) is 11.5 Å². The van der Waals surface area contributed by atoms with Crippen molar-refractivity contribution >= 4 is 63.9 Å². The molecule has 0 saturated carbocycles. The smallest absolute Gasteiger partial charge is 0.261 e. The van der Waals surface area contributed by atoms with Gasteiger partial charge < -0.3 is 19.4 Å². The molecule has 3 aromatic heterocycles. The molecule has 8 aromatic rings. The summed E-state index contributed by atoms with van der Waals surface area (Å²) >= 11 is 0. The maximum atomic E-state index is 12.9. The van der Waals surface area contributed by atoms with Crippen LogP contribution in [0.2, 0.25) is 0 Å². The fraction of sp³-hybridized carbons (Fsp3) is 0.0690. The van der Waals surface area contributed by atoms with Gasteiger partial charge in [0.25, 0.3) is 11.8 Å². The molecule has 0 atom stereocenters. The second-order valence-corrected chi connectivity index (χ2v) is 16.6. The van der Waals surface area contributed by atoms with Gasteiger partial charge in [-0.15, -0.1) is 0 Å². The van der Waals surface area contributed by atoms with Gasteiger partial charge in [-0.3, -0.25) is 14.5 Å². The lowest BCUT2D eigenvalue weighted by atomic mass is 10.0. The zero-order valence-electron chi connectivity index (χ0n) is 37.2. The molecule has 11 rings (SSSR count). The number of benzene rings is 5. The average molecular weight is 898 g/mol. The molecule has 5 aromatic carbocycles. The maximum Gasteiger partial charge on any atom is 0.261 e. The summed E-state index contributed by atoms with van der Waals surface area (Å²) in [6.07, 6.45) is 8.57. The monoisotopic (exact) mass is 897 g/mol. The molecule has 11 heteroatoms. The minimum Gasteiger partial charge on any atom is -0.497 e. The van der Waals surface area contributed by atoms with Gasteiger partial charge in [0, 0.05) is 50.9 Å². The number of aromatic nitrogens is 4. The molecular formula is C58H39N7O4. The number of nitrogens with zero attached hydrogens (tertiary/aromatic N) is 5. The Hall–Kier alpha value is -9.58. The van der Waals surface area contributed by atoms with Crippen LogP contribution in [0.5, 0.6) is 11.5 Å². The van der Waals surface area contributed by atoms with Crippen LogP contribution in [-0.4, -0.2) is 56.9 Å². The Morgan fingerprint density at radius 2 is 0.971 bits per heavy atom.